The number of nitrogens with zero attached hydrogens (tertiary/aromatic N) is 2. The van der Waals surface area contributed by atoms with Crippen molar-refractivity contribution in [2.45, 2.75) is 0 Å². The molecule has 12 aromatic rings. The minimum absolute atomic E-state index is 0.135. The number of para-hydroxylation sites is 5. The number of rotatable bonds is 7. The highest BCUT2D eigenvalue weighted by atomic mass is 16.3. The molecule has 0 spiro atoms. The molecule has 0 aliphatic carbocycles. The fraction of sp³-hybridized carbons (Fsp3) is 0. The predicted molar refractivity (Wildman–Crippen MR) is 257 cm³/mol. The van der Waals surface area contributed by atoms with E-state index in [1.165, 1.54) is 0 Å². The van der Waals surface area contributed by atoms with Crippen LogP contribution in [0.4, 0.5) is 17.1 Å². The Balaban J connectivity index is 1.09. The molecule has 0 aliphatic heterocycles. The number of hydrogen-bond donors (Lipinski definition) is 0. The second-order valence-electron chi connectivity index (χ2n) is 15.3. The second-order valence-corrected chi connectivity index (χ2v) is 15.3. The molecule has 286 valence electrons. The maximum Gasteiger partial charge on any atom is 0.143 e. The van der Waals surface area contributed by atoms with Gasteiger partial charge in [0.2, 0.25) is 0 Å². The van der Waals surface area contributed by atoms with Crippen molar-refractivity contribution >= 4 is 71.6 Å². The molecule has 0 aliphatic rings. The van der Waals surface area contributed by atoms with Gasteiger partial charge in [0.1, 0.15) is 11.2 Å². The maximum absolute atomic E-state index is 9.93. The van der Waals surface area contributed by atoms with Crippen LogP contribution in [0.25, 0.3) is 93.6 Å². The average molecular weight is 783 g/mol. The van der Waals surface area contributed by atoms with Gasteiger partial charge in [-0.2, -0.15) is 0 Å². The van der Waals surface area contributed by atoms with E-state index in [1.807, 2.05) is 144 Å². The zero-order valence-electron chi connectivity index (χ0n) is 36.9. The van der Waals surface area contributed by atoms with Gasteiger partial charge in [0.25, 0.3) is 0 Å². The van der Waals surface area contributed by atoms with Crippen LogP contribution in [0.3, 0.4) is 0 Å². The Morgan fingerprint density at radius 2 is 0.934 bits per heavy atom. The van der Waals surface area contributed by atoms with E-state index in [-0.39, 0.29) is 35.4 Å². The van der Waals surface area contributed by atoms with Crippen molar-refractivity contribution in [1.82, 2.24) is 4.57 Å². The SMILES string of the molecule is [2H]c1c([2H])c(N(c2ccc(-c3ccccc3)cc2)c2ccccc2-c2cccc3c2oc2c4ccccc4ccc32)c([2H])c([2H])c1-c1ccccc1-n1c2ccccc2c2ccccc21. The van der Waals surface area contributed by atoms with Gasteiger partial charge in [0.15, 0.2) is 0 Å². The zero-order valence-corrected chi connectivity index (χ0v) is 32.9. The lowest BCUT2D eigenvalue weighted by Gasteiger charge is -2.28. The molecule has 0 unspecified atom stereocenters. The van der Waals surface area contributed by atoms with Crippen LogP contribution in [0.2, 0.25) is 0 Å². The Kier molecular flexibility index (Phi) is 7.24. The van der Waals surface area contributed by atoms with Crippen LogP contribution in [0.15, 0.2) is 235 Å². The third-order valence-electron chi connectivity index (χ3n) is 11.9. The van der Waals surface area contributed by atoms with Crippen molar-refractivity contribution in [2.75, 3.05) is 4.90 Å². The zero-order chi connectivity index (χ0) is 43.8. The molecule has 0 saturated carbocycles. The van der Waals surface area contributed by atoms with E-state index in [0.29, 0.717) is 16.9 Å². The molecule has 3 nitrogen and oxygen atoms in total. The smallest absolute Gasteiger partial charge is 0.143 e. The van der Waals surface area contributed by atoms with Crippen molar-refractivity contribution in [2.24, 2.45) is 0 Å². The van der Waals surface area contributed by atoms with Gasteiger partial charge in [-0.15, -0.1) is 0 Å². The summed E-state index contributed by atoms with van der Waals surface area (Å²) in [6.45, 7) is 0. The lowest BCUT2D eigenvalue weighted by Crippen LogP contribution is -2.11. The van der Waals surface area contributed by atoms with Crippen LogP contribution in [0, 0.1) is 0 Å². The summed E-state index contributed by atoms with van der Waals surface area (Å²) in [6.07, 6.45) is 0. The molecule has 61 heavy (non-hydrogen) atoms. The molecule has 0 saturated heterocycles. The predicted octanol–water partition coefficient (Wildman–Crippen LogP) is 16.3. The molecule has 0 atom stereocenters. The first-order chi connectivity index (χ1) is 32.0. The largest absolute Gasteiger partial charge is 0.455 e. The molecular formula is C58H38N2O. The normalized spacial score (nSPS) is 12.5. The number of anilines is 3. The molecule has 0 fully saturated rings. The molecule has 3 heteroatoms. The molecule has 10 aromatic carbocycles. The number of furan rings is 1. The summed E-state index contributed by atoms with van der Waals surface area (Å²) in [5.41, 5.74) is 10.3. The summed E-state index contributed by atoms with van der Waals surface area (Å²) >= 11 is 0. The Labute approximate surface area is 359 Å². The van der Waals surface area contributed by atoms with E-state index < -0.39 is 0 Å². The molecule has 0 bridgehead atoms. The van der Waals surface area contributed by atoms with Crippen molar-refractivity contribution in [3.05, 3.63) is 230 Å². The van der Waals surface area contributed by atoms with Crippen molar-refractivity contribution in [3.8, 4) is 39.1 Å². The molecule has 12 rings (SSSR count). The van der Waals surface area contributed by atoms with Crippen LogP contribution < -0.4 is 4.90 Å². The second kappa shape index (κ2) is 14.3. The minimum atomic E-state index is -0.159. The van der Waals surface area contributed by atoms with E-state index in [0.717, 1.165) is 82.5 Å². The summed E-state index contributed by atoms with van der Waals surface area (Å²) in [7, 11) is 0. The van der Waals surface area contributed by atoms with Crippen LogP contribution in [-0.4, -0.2) is 4.57 Å². The van der Waals surface area contributed by atoms with E-state index in [2.05, 4.69) is 71.3 Å². The van der Waals surface area contributed by atoms with Crippen LogP contribution in [0.5, 0.6) is 0 Å². The Morgan fingerprint density at radius 3 is 1.70 bits per heavy atom. The number of aromatic nitrogens is 1. The van der Waals surface area contributed by atoms with Gasteiger partial charge in [0.05, 0.1) is 27.9 Å². The quantitative estimate of drug-likeness (QED) is 0.161. The molecule has 0 radical (unpaired) electrons. The lowest BCUT2D eigenvalue weighted by molar-refractivity contribution is 0.674. The summed E-state index contributed by atoms with van der Waals surface area (Å²) in [6, 6.07) is 68.4. The first kappa shape index (κ1) is 30.9. The van der Waals surface area contributed by atoms with Crippen LogP contribution >= 0.6 is 0 Å². The summed E-state index contributed by atoms with van der Waals surface area (Å²) in [5, 5.41) is 6.30. The first-order valence-electron chi connectivity index (χ1n) is 22.5. The van der Waals surface area contributed by atoms with E-state index in [4.69, 9.17) is 4.42 Å². The first-order valence-corrected chi connectivity index (χ1v) is 20.5. The van der Waals surface area contributed by atoms with Gasteiger partial charge in [0, 0.05) is 55.0 Å². The number of benzene rings is 10. The number of hydrogen-bond acceptors (Lipinski definition) is 2. The van der Waals surface area contributed by atoms with Crippen LogP contribution in [0.1, 0.15) is 5.48 Å². The molecule has 0 N–H and O–H groups in total. The maximum atomic E-state index is 9.93. The third-order valence-corrected chi connectivity index (χ3v) is 11.9. The molecule has 2 heterocycles. The Morgan fingerprint density at radius 1 is 0.361 bits per heavy atom. The fourth-order valence-electron chi connectivity index (χ4n) is 9.07. The fourth-order valence-corrected chi connectivity index (χ4v) is 9.07. The third kappa shape index (κ3) is 5.74. The van der Waals surface area contributed by atoms with Gasteiger partial charge in [-0.25, -0.2) is 0 Å². The van der Waals surface area contributed by atoms with Gasteiger partial charge in [-0.05, 0) is 76.6 Å². The molecule has 0 amide bonds. The summed E-state index contributed by atoms with van der Waals surface area (Å²) in [5.74, 6) is 0. The van der Waals surface area contributed by atoms with E-state index in [9.17, 15) is 5.48 Å². The van der Waals surface area contributed by atoms with E-state index in [1.54, 1.807) is 0 Å². The highest BCUT2D eigenvalue weighted by molar-refractivity contribution is 6.18. The minimum Gasteiger partial charge on any atom is -0.455 e. The van der Waals surface area contributed by atoms with Crippen molar-refractivity contribution < 1.29 is 9.90 Å². The highest BCUT2D eigenvalue weighted by Crippen LogP contribution is 2.46. The van der Waals surface area contributed by atoms with Crippen molar-refractivity contribution in [3.63, 3.8) is 0 Å². The van der Waals surface area contributed by atoms with Gasteiger partial charge >= 0.3 is 0 Å². The summed E-state index contributed by atoms with van der Waals surface area (Å²) in [4.78, 5) is 1.88. The van der Waals surface area contributed by atoms with E-state index >= 15 is 0 Å². The van der Waals surface area contributed by atoms with Crippen LogP contribution in [-0.2, 0) is 0 Å². The topological polar surface area (TPSA) is 21.3 Å². The Hall–Kier alpha value is -8.14. The van der Waals surface area contributed by atoms with Gasteiger partial charge in [-0.3, -0.25) is 0 Å². The van der Waals surface area contributed by atoms with Crippen molar-refractivity contribution in [1.29, 1.82) is 0 Å². The monoisotopic (exact) mass is 782 g/mol. The molecule has 2 aromatic heterocycles. The summed E-state index contributed by atoms with van der Waals surface area (Å²) < 4.78 is 48.6. The lowest BCUT2D eigenvalue weighted by atomic mass is 9.98. The Bertz CT molecular complexity index is 3750. The number of fused-ring (bicyclic) bond motifs is 8. The van der Waals surface area contributed by atoms with Gasteiger partial charge < -0.3 is 13.9 Å². The molecular weight excluding hydrogens is 741 g/mol. The average Bonchev–Trinajstić information content (AvgIpc) is 3.92. The highest BCUT2D eigenvalue weighted by Gasteiger charge is 2.22. The van der Waals surface area contributed by atoms with Gasteiger partial charge in [-0.1, -0.05) is 176 Å². The standard InChI is InChI=1S/C58H38N2O/c1-2-15-39(16-3-1)40-29-34-43(35-30-40)59(54-26-11-9-22-49(54)50-23-14-24-51-52-38-33-41-17-4-5-19-46(41)57(52)61-58(50)51)44-36-31-42(32-37-44)45-18-6-10-25-53(45)60-55-27-12-7-20-47(55)48-21-8-13-28-56(48)60/h1-38H/i31D,32D,36D,37D.